The van der Waals surface area contributed by atoms with Crippen LogP contribution in [0, 0.1) is 5.92 Å². The maximum Gasteiger partial charge on any atom is 0.335 e. The van der Waals surface area contributed by atoms with Gasteiger partial charge in [0.05, 0.1) is 17.5 Å². The molecule has 0 bridgehead atoms. The maximum absolute atomic E-state index is 11.7. The third-order valence-corrected chi connectivity index (χ3v) is 5.97. The number of benzene rings is 1. The van der Waals surface area contributed by atoms with Crippen molar-refractivity contribution in [2.24, 2.45) is 5.92 Å². The van der Waals surface area contributed by atoms with Crippen molar-refractivity contribution >= 4 is 16.0 Å². The second-order valence-electron chi connectivity index (χ2n) is 6.77. The number of pyridine rings is 1. The minimum atomic E-state index is -3.14. The molecule has 1 atom stereocenters. The number of hydrogen-bond donors (Lipinski definition) is 1. The smallest absolute Gasteiger partial charge is 0.335 e. The van der Waals surface area contributed by atoms with Crippen LogP contribution in [0.4, 0.5) is 0 Å². The lowest BCUT2D eigenvalue weighted by Crippen LogP contribution is -2.39. The maximum atomic E-state index is 11.7. The van der Waals surface area contributed by atoms with E-state index in [2.05, 4.69) is 4.98 Å². The Morgan fingerprint density at radius 2 is 2.12 bits per heavy atom. The molecule has 1 fully saturated rings. The Morgan fingerprint density at radius 1 is 1.31 bits per heavy atom. The van der Waals surface area contributed by atoms with Crippen molar-refractivity contribution in [1.29, 1.82) is 0 Å². The summed E-state index contributed by atoms with van der Waals surface area (Å²) in [6.45, 7) is 1.16. The molecule has 26 heavy (non-hydrogen) atoms. The molecule has 1 saturated heterocycles. The van der Waals surface area contributed by atoms with E-state index < -0.39 is 16.0 Å². The van der Waals surface area contributed by atoms with Crippen molar-refractivity contribution in [3.05, 3.63) is 53.7 Å². The number of nitrogens with zero attached hydrogens (tertiary/aromatic N) is 2. The van der Waals surface area contributed by atoms with Gasteiger partial charge in [-0.15, -0.1) is 0 Å². The minimum absolute atomic E-state index is 0.233. The van der Waals surface area contributed by atoms with Crippen molar-refractivity contribution in [2.75, 3.05) is 19.3 Å². The normalized spacial score (nSPS) is 18.6. The van der Waals surface area contributed by atoms with Crippen LogP contribution in [0.5, 0.6) is 0 Å². The second kappa shape index (κ2) is 7.55. The molecule has 0 saturated carbocycles. The fraction of sp³-hybridized carbons (Fsp3) is 0.368. The summed E-state index contributed by atoms with van der Waals surface area (Å²) in [4.78, 5) is 15.5. The van der Waals surface area contributed by atoms with Crippen LogP contribution in [0.15, 0.2) is 42.6 Å². The average molecular weight is 374 g/mol. The Bertz CT molecular complexity index is 894. The van der Waals surface area contributed by atoms with Crippen LogP contribution in [0.1, 0.15) is 28.8 Å². The standard InChI is InChI=1S/C19H22N2O4S/c1-26(24,25)21-9-3-4-15(13-21)10-14-7-8-18(20-12-14)16-5-2-6-17(11-16)19(22)23/h2,5-8,11-12,15H,3-4,9-10,13H2,1H3,(H,22,23). The van der Waals surface area contributed by atoms with Gasteiger partial charge in [0, 0.05) is 24.8 Å². The molecular formula is C19H22N2O4S. The summed E-state index contributed by atoms with van der Waals surface area (Å²) in [6.07, 6.45) is 5.73. The van der Waals surface area contributed by atoms with Crippen molar-refractivity contribution in [3.8, 4) is 11.3 Å². The van der Waals surface area contributed by atoms with E-state index in [1.54, 1.807) is 28.7 Å². The predicted molar refractivity (Wildman–Crippen MR) is 99.5 cm³/mol. The molecule has 6 nitrogen and oxygen atoms in total. The number of carbonyl (C=O) groups is 1. The zero-order valence-electron chi connectivity index (χ0n) is 14.6. The van der Waals surface area contributed by atoms with Gasteiger partial charge < -0.3 is 5.11 Å². The van der Waals surface area contributed by atoms with E-state index >= 15 is 0 Å². The van der Waals surface area contributed by atoms with Gasteiger partial charge >= 0.3 is 5.97 Å². The average Bonchev–Trinajstić information content (AvgIpc) is 2.62. The predicted octanol–water partition coefficient (Wildman–Crippen LogP) is 2.66. The number of aromatic nitrogens is 1. The molecule has 1 aliphatic rings. The van der Waals surface area contributed by atoms with Gasteiger partial charge in [0.2, 0.25) is 10.0 Å². The van der Waals surface area contributed by atoms with Crippen LogP contribution in [0.25, 0.3) is 11.3 Å². The summed E-state index contributed by atoms with van der Waals surface area (Å²) in [5, 5.41) is 9.09. The fourth-order valence-corrected chi connectivity index (χ4v) is 4.30. The highest BCUT2D eigenvalue weighted by molar-refractivity contribution is 7.88. The molecular weight excluding hydrogens is 352 g/mol. The summed E-state index contributed by atoms with van der Waals surface area (Å²) in [5.41, 5.74) is 2.77. The third kappa shape index (κ3) is 4.47. The van der Waals surface area contributed by atoms with Gasteiger partial charge in [0.1, 0.15) is 0 Å². The SMILES string of the molecule is CS(=O)(=O)N1CCCC(Cc2ccc(-c3cccc(C(=O)O)c3)nc2)C1. The Morgan fingerprint density at radius 3 is 2.77 bits per heavy atom. The van der Waals surface area contributed by atoms with E-state index in [1.165, 1.54) is 6.26 Å². The Balaban J connectivity index is 1.70. The second-order valence-corrected chi connectivity index (χ2v) is 8.75. The van der Waals surface area contributed by atoms with E-state index in [4.69, 9.17) is 5.11 Å². The number of carboxylic acid groups (broad SMARTS) is 1. The van der Waals surface area contributed by atoms with Gasteiger partial charge in [-0.05, 0) is 48.9 Å². The first-order valence-electron chi connectivity index (χ1n) is 8.57. The zero-order chi connectivity index (χ0) is 18.7. The highest BCUT2D eigenvalue weighted by Gasteiger charge is 2.25. The number of sulfonamides is 1. The van der Waals surface area contributed by atoms with Crippen LogP contribution in [-0.4, -0.2) is 48.1 Å². The van der Waals surface area contributed by atoms with E-state index in [1.807, 2.05) is 18.2 Å². The quantitative estimate of drug-likeness (QED) is 0.869. The first-order valence-corrected chi connectivity index (χ1v) is 10.4. The van der Waals surface area contributed by atoms with E-state index in [9.17, 15) is 13.2 Å². The monoisotopic (exact) mass is 374 g/mol. The fourth-order valence-electron chi connectivity index (χ4n) is 3.36. The first-order chi connectivity index (χ1) is 12.3. The number of hydrogen-bond acceptors (Lipinski definition) is 4. The van der Waals surface area contributed by atoms with Gasteiger partial charge in [-0.1, -0.05) is 18.2 Å². The van der Waals surface area contributed by atoms with Crippen molar-refractivity contribution in [3.63, 3.8) is 0 Å². The van der Waals surface area contributed by atoms with Crippen molar-refractivity contribution in [1.82, 2.24) is 9.29 Å². The molecule has 0 radical (unpaired) electrons. The Hall–Kier alpha value is -2.25. The molecule has 0 aliphatic carbocycles. The lowest BCUT2D eigenvalue weighted by atomic mass is 9.93. The van der Waals surface area contributed by atoms with E-state index in [0.717, 1.165) is 36.1 Å². The molecule has 0 spiro atoms. The topological polar surface area (TPSA) is 87.6 Å². The molecule has 3 rings (SSSR count). The van der Waals surface area contributed by atoms with Crippen LogP contribution >= 0.6 is 0 Å². The number of carboxylic acids is 1. The molecule has 1 aliphatic heterocycles. The largest absolute Gasteiger partial charge is 0.478 e. The lowest BCUT2D eigenvalue weighted by molar-refractivity contribution is 0.0697. The highest BCUT2D eigenvalue weighted by atomic mass is 32.2. The van der Waals surface area contributed by atoms with E-state index in [0.29, 0.717) is 19.0 Å². The van der Waals surface area contributed by atoms with Gasteiger partial charge in [0.15, 0.2) is 0 Å². The van der Waals surface area contributed by atoms with Crippen LogP contribution in [0.2, 0.25) is 0 Å². The summed E-state index contributed by atoms with van der Waals surface area (Å²) in [6, 6.07) is 10.6. The number of aromatic carboxylic acids is 1. The molecule has 1 aromatic heterocycles. The minimum Gasteiger partial charge on any atom is -0.478 e. The molecule has 2 heterocycles. The third-order valence-electron chi connectivity index (χ3n) is 4.71. The summed E-state index contributed by atoms with van der Waals surface area (Å²) in [5.74, 6) is -0.669. The van der Waals surface area contributed by atoms with E-state index in [-0.39, 0.29) is 5.56 Å². The Labute approximate surface area is 153 Å². The van der Waals surface area contributed by atoms with Crippen molar-refractivity contribution < 1.29 is 18.3 Å². The molecule has 1 N–H and O–H groups in total. The zero-order valence-corrected chi connectivity index (χ0v) is 15.4. The van der Waals surface area contributed by atoms with Crippen molar-refractivity contribution in [2.45, 2.75) is 19.3 Å². The van der Waals surface area contributed by atoms with Gasteiger partial charge in [0.25, 0.3) is 0 Å². The van der Waals surface area contributed by atoms with Crippen LogP contribution < -0.4 is 0 Å². The van der Waals surface area contributed by atoms with Gasteiger partial charge in [-0.25, -0.2) is 17.5 Å². The highest BCUT2D eigenvalue weighted by Crippen LogP contribution is 2.24. The van der Waals surface area contributed by atoms with Crippen LogP contribution in [0.3, 0.4) is 0 Å². The number of piperidine rings is 1. The summed E-state index contributed by atoms with van der Waals surface area (Å²) >= 11 is 0. The molecule has 1 unspecified atom stereocenters. The first kappa shape index (κ1) is 18.5. The van der Waals surface area contributed by atoms with Gasteiger partial charge in [-0.3, -0.25) is 4.98 Å². The lowest BCUT2D eigenvalue weighted by Gasteiger charge is -2.30. The van der Waals surface area contributed by atoms with Crippen LogP contribution in [-0.2, 0) is 16.4 Å². The summed E-state index contributed by atoms with van der Waals surface area (Å²) < 4.78 is 25.0. The number of rotatable bonds is 5. The molecule has 7 heteroatoms. The summed E-state index contributed by atoms with van der Waals surface area (Å²) in [7, 11) is -3.14. The molecule has 0 amide bonds. The van der Waals surface area contributed by atoms with Gasteiger partial charge in [-0.2, -0.15) is 0 Å². The molecule has 2 aromatic rings. The molecule has 1 aromatic carbocycles. The molecule has 138 valence electrons. The Kier molecular flexibility index (Phi) is 5.38.